The van der Waals surface area contributed by atoms with E-state index in [0.717, 1.165) is 16.0 Å². The van der Waals surface area contributed by atoms with E-state index in [9.17, 15) is 13.2 Å². The molecule has 0 spiro atoms. The van der Waals surface area contributed by atoms with Gasteiger partial charge in [-0.25, -0.2) is 8.42 Å². The minimum atomic E-state index is -3.42. The number of benzene rings is 1. The van der Waals surface area contributed by atoms with E-state index in [4.69, 9.17) is 0 Å². The van der Waals surface area contributed by atoms with Crippen LogP contribution in [0.15, 0.2) is 34.5 Å². The van der Waals surface area contributed by atoms with Gasteiger partial charge in [-0.05, 0) is 50.1 Å². The van der Waals surface area contributed by atoms with E-state index in [1.807, 2.05) is 49.9 Å². The van der Waals surface area contributed by atoms with E-state index in [-0.39, 0.29) is 5.78 Å². The minimum absolute atomic E-state index is 0.0817. The van der Waals surface area contributed by atoms with Crippen LogP contribution in [0, 0.1) is 20.8 Å². The fraction of sp³-hybridized carbons (Fsp3) is 0.421. The van der Waals surface area contributed by atoms with Crippen molar-refractivity contribution in [3.8, 4) is 0 Å². The van der Waals surface area contributed by atoms with Gasteiger partial charge in [0.15, 0.2) is 5.78 Å². The third kappa shape index (κ3) is 4.06. The van der Waals surface area contributed by atoms with Crippen molar-refractivity contribution < 1.29 is 13.2 Å². The summed E-state index contributed by atoms with van der Waals surface area (Å²) < 4.78 is 27.3. The third-order valence-corrected chi connectivity index (χ3v) is 8.20. The number of aryl methyl sites for hydroxylation is 3. The van der Waals surface area contributed by atoms with Crippen molar-refractivity contribution in [2.75, 3.05) is 32.7 Å². The summed E-state index contributed by atoms with van der Waals surface area (Å²) in [5.74, 6) is 0.0817. The largest absolute Gasteiger partial charge is 0.293 e. The molecule has 1 aromatic heterocycles. The predicted molar refractivity (Wildman–Crippen MR) is 105 cm³/mol. The van der Waals surface area contributed by atoms with Gasteiger partial charge in [-0.3, -0.25) is 9.69 Å². The first-order valence-corrected chi connectivity index (χ1v) is 10.9. The van der Waals surface area contributed by atoms with Crippen LogP contribution in [-0.2, 0) is 10.0 Å². The summed E-state index contributed by atoms with van der Waals surface area (Å²) in [6.07, 6.45) is 0. The minimum Gasteiger partial charge on any atom is -0.293 e. The fourth-order valence-corrected chi connectivity index (χ4v) is 5.88. The Labute approximate surface area is 159 Å². The molecule has 0 saturated carbocycles. The van der Waals surface area contributed by atoms with Crippen molar-refractivity contribution >= 4 is 27.1 Å². The Morgan fingerprint density at radius 3 is 2.27 bits per heavy atom. The van der Waals surface area contributed by atoms with Crippen LogP contribution in [0.4, 0.5) is 0 Å². The highest BCUT2D eigenvalue weighted by Gasteiger charge is 2.30. The Morgan fingerprint density at radius 2 is 1.69 bits per heavy atom. The number of thiophene rings is 1. The molecule has 1 fully saturated rings. The van der Waals surface area contributed by atoms with Gasteiger partial charge in [0, 0.05) is 36.6 Å². The molecule has 0 radical (unpaired) electrons. The number of rotatable bonds is 5. The van der Waals surface area contributed by atoms with Crippen LogP contribution in [0.1, 0.15) is 26.4 Å². The lowest BCUT2D eigenvalue weighted by Crippen LogP contribution is -2.49. The lowest BCUT2D eigenvalue weighted by molar-refractivity contribution is 0.0901. The molecular formula is C19H24N2O3S2. The molecule has 5 nitrogen and oxygen atoms in total. The Hall–Kier alpha value is -1.54. The van der Waals surface area contributed by atoms with Crippen LogP contribution in [0.5, 0.6) is 0 Å². The molecule has 1 saturated heterocycles. The first kappa shape index (κ1) is 19.2. The molecule has 0 aliphatic carbocycles. The Balaban J connectivity index is 1.60. The summed E-state index contributed by atoms with van der Waals surface area (Å²) in [5, 5.41) is 0. The molecule has 0 unspecified atom stereocenters. The number of hydrogen-bond donors (Lipinski definition) is 0. The molecule has 140 valence electrons. The SMILES string of the molecule is Cc1ccc(S(=O)(=O)N2CCN(CC(=O)c3ccc(C)c(C)c3)CC2)s1. The number of piperazine rings is 1. The molecule has 1 aliphatic rings. The van der Waals surface area contributed by atoms with Gasteiger partial charge in [0.05, 0.1) is 6.54 Å². The van der Waals surface area contributed by atoms with Gasteiger partial charge in [0.2, 0.25) is 0 Å². The van der Waals surface area contributed by atoms with Crippen molar-refractivity contribution in [2.24, 2.45) is 0 Å². The highest BCUT2D eigenvalue weighted by atomic mass is 32.2. The molecule has 0 N–H and O–H groups in total. The van der Waals surface area contributed by atoms with Crippen LogP contribution in [0.2, 0.25) is 0 Å². The smallest absolute Gasteiger partial charge is 0.252 e. The van der Waals surface area contributed by atoms with Crippen LogP contribution in [0.3, 0.4) is 0 Å². The van der Waals surface area contributed by atoms with Gasteiger partial charge in [-0.2, -0.15) is 4.31 Å². The van der Waals surface area contributed by atoms with Crippen molar-refractivity contribution in [3.05, 3.63) is 51.9 Å². The molecule has 1 aromatic carbocycles. The molecule has 3 rings (SSSR count). The lowest BCUT2D eigenvalue weighted by Gasteiger charge is -2.33. The third-order valence-electron chi connectivity index (χ3n) is 4.84. The quantitative estimate of drug-likeness (QED) is 0.734. The number of sulfonamides is 1. The van der Waals surface area contributed by atoms with Crippen LogP contribution < -0.4 is 0 Å². The van der Waals surface area contributed by atoms with Gasteiger partial charge in [-0.1, -0.05) is 12.1 Å². The number of carbonyl (C=O) groups excluding carboxylic acids is 1. The van der Waals surface area contributed by atoms with Crippen LogP contribution in [-0.4, -0.2) is 56.1 Å². The zero-order chi connectivity index (χ0) is 18.9. The van der Waals surface area contributed by atoms with Gasteiger partial charge in [0.25, 0.3) is 10.0 Å². The maximum absolute atomic E-state index is 12.7. The van der Waals surface area contributed by atoms with Crippen molar-refractivity contribution in [1.82, 2.24) is 9.21 Å². The number of ketones is 1. The van der Waals surface area contributed by atoms with Crippen molar-refractivity contribution in [2.45, 2.75) is 25.0 Å². The molecule has 2 aromatic rings. The molecule has 2 heterocycles. The summed E-state index contributed by atoms with van der Waals surface area (Å²) in [6.45, 7) is 8.23. The second-order valence-electron chi connectivity index (χ2n) is 6.77. The average Bonchev–Trinajstić information content (AvgIpc) is 3.05. The Morgan fingerprint density at radius 1 is 1.00 bits per heavy atom. The first-order chi connectivity index (χ1) is 12.3. The molecular weight excluding hydrogens is 368 g/mol. The summed E-state index contributed by atoms with van der Waals surface area (Å²) in [7, 11) is -3.42. The highest BCUT2D eigenvalue weighted by molar-refractivity contribution is 7.91. The van der Waals surface area contributed by atoms with E-state index in [2.05, 4.69) is 0 Å². The molecule has 26 heavy (non-hydrogen) atoms. The average molecular weight is 393 g/mol. The molecule has 7 heteroatoms. The highest BCUT2D eigenvalue weighted by Crippen LogP contribution is 2.25. The van der Waals surface area contributed by atoms with Crippen LogP contribution in [0.25, 0.3) is 0 Å². The Kier molecular flexibility index (Phi) is 5.62. The normalized spacial score (nSPS) is 16.7. The molecule has 0 atom stereocenters. The van der Waals surface area contributed by atoms with E-state index in [0.29, 0.717) is 36.9 Å². The summed E-state index contributed by atoms with van der Waals surface area (Å²) in [5.41, 5.74) is 3.00. The monoisotopic (exact) mass is 392 g/mol. The second-order valence-corrected chi connectivity index (χ2v) is 10.2. The number of nitrogens with zero attached hydrogens (tertiary/aromatic N) is 2. The standard InChI is InChI=1S/C19H24N2O3S2/c1-14-4-6-17(12-15(14)2)18(22)13-20-8-10-21(11-9-20)26(23,24)19-7-5-16(3)25-19/h4-7,12H,8-11,13H2,1-3H3. The zero-order valence-corrected chi connectivity index (χ0v) is 17.0. The van der Waals surface area contributed by atoms with Gasteiger partial charge in [0.1, 0.15) is 4.21 Å². The van der Waals surface area contributed by atoms with Crippen molar-refractivity contribution in [1.29, 1.82) is 0 Å². The van der Waals surface area contributed by atoms with E-state index < -0.39 is 10.0 Å². The lowest BCUT2D eigenvalue weighted by atomic mass is 10.0. The molecule has 0 bridgehead atoms. The maximum atomic E-state index is 12.7. The van der Waals surface area contributed by atoms with Gasteiger partial charge >= 0.3 is 0 Å². The summed E-state index contributed by atoms with van der Waals surface area (Å²) >= 11 is 1.30. The first-order valence-electron chi connectivity index (χ1n) is 8.67. The Bertz CT molecular complexity index is 911. The molecule has 0 amide bonds. The van der Waals surface area contributed by atoms with Gasteiger partial charge in [-0.15, -0.1) is 11.3 Å². The summed E-state index contributed by atoms with van der Waals surface area (Å²) in [4.78, 5) is 15.5. The number of Topliss-reactive ketones (excluding diaryl/α,β-unsaturated/α-hetero) is 1. The molecule has 1 aliphatic heterocycles. The topological polar surface area (TPSA) is 57.7 Å². The van der Waals surface area contributed by atoms with Crippen molar-refractivity contribution in [3.63, 3.8) is 0 Å². The maximum Gasteiger partial charge on any atom is 0.252 e. The second kappa shape index (κ2) is 7.60. The van der Waals surface area contributed by atoms with E-state index in [1.54, 1.807) is 6.07 Å². The van der Waals surface area contributed by atoms with Crippen LogP contribution >= 0.6 is 11.3 Å². The van der Waals surface area contributed by atoms with E-state index >= 15 is 0 Å². The number of carbonyl (C=O) groups is 1. The predicted octanol–water partition coefficient (Wildman–Crippen LogP) is 2.86. The summed E-state index contributed by atoms with van der Waals surface area (Å²) in [6, 6.07) is 9.26. The number of hydrogen-bond acceptors (Lipinski definition) is 5. The zero-order valence-electron chi connectivity index (χ0n) is 15.4. The van der Waals surface area contributed by atoms with Gasteiger partial charge < -0.3 is 0 Å². The fourth-order valence-electron chi connectivity index (χ4n) is 3.02. The van der Waals surface area contributed by atoms with E-state index in [1.165, 1.54) is 21.2 Å².